The van der Waals surface area contributed by atoms with Gasteiger partial charge in [0.05, 0.1) is 6.61 Å². The molecule has 1 aliphatic heterocycles. The minimum atomic E-state index is 0.209. The average Bonchev–Trinajstić information content (AvgIpc) is 3.47. The van der Waals surface area contributed by atoms with E-state index in [0.717, 1.165) is 11.5 Å². The molecule has 0 spiro atoms. The van der Waals surface area contributed by atoms with E-state index in [1.807, 2.05) is 17.8 Å². The molecule has 0 amide bonds. The predicted molar refractivity (Wildman–Crippen MR) is 141 cm³/mol. The fourth-order valence-electron chi connectivity index (χ4n) is 5.35. The number of rotatable bonds is 6. The maximum atomic E-state index is 6.29. The molecule has 7 rings (SSSR count). The first-order valence-corrected chi connectivity index (χ1v) is 13.5. The van der Waals surface area contributed by atoms with Crippen LogP contribution >= 0.6 is 23.1 Å². The van der Waals surface area contributed by atoms with Gasteiger partial charge >= 0.3 is 0 Å². The summed E-state index contributed by atoms with van der Waals surface area (Å²) in [4.78, 5) is 1.52. The van der Waals surface area contributed by atoms with Crippen molar-refractivity contribution in [2.24, 2.45) is 0 Å². The molecule has 4 heteroatoms. The van der Waals surface area contributed by atoms with Gasteiger partial charge in [0.25, 0.3) is 0 Å². The van der Waals surface area contributed by atoms with Crippen molar-refractivity contribution in [3.8, 4) is 5.06 Å². The highest BCUT2D eigenvalue weighted by Crippen LogP contribution is 2.63. The first-order chi connectivity index (χ1) is 16.8. The van der Waals surface area contributed by atoms with Crippen molar-refractivity contribution >= 4 is 33.2 Å². The second-order valence-electron chi connectivity index (χ2n) is 9.13. The fraction of sp³-hybridized carbons (Fsp3) is 0.200. The second kappa shape index (κ2) is 8.46. The molecule has 34 heavy (non-hydrogen) atoms. The molecule has 3 atom stereocenters. The topological polar surface area (TPSA) is 18.5 Å². The summed E-state index contributed by atoms with van der Waals surface area (Å²) < 4.78 is 13.8. The van der Waals surface area contributed by atoms with Crippen molar-refractivity contribution in [1.82, 2.24) is 0 Å². The lowest BCUT2D eigenvalue weighted by molar-refractivity contribution is 0.102. The molecule has 1 aromatic heterocycles. The number of hydrogen-bond donors (Lipinski definition) is 0. The van der Waals surface area contributed by atoms with Crippen LogP contribution in [0.3, 0.4) is 0 Å². The predicted octanol–water partition coefficient (Wildman–Crippen LogP) is 8.16. The van der Waals surface area contributed by atoms with E-state index in [0.29, 0.717) is 25.0 Å². The van der Waals surface area contributed by atoms with E-state index in [-0.39, 0.29) is 5.44 Å². The number of allylic oxidation sites excluding steroid dienone is 3. The zero-order valence-electron chi connectivity index (χ0n) is 18.6. The third-order valence-corrected chi connectivity index (χ3v) is 9.45. The zero-order chi connectivity index (χ0) is 22.5. The maximum Gasteiger partial charge on any atom is 0.175 e. The van der Waals surface area contributed by atoms with Crippen LogP contribution in [-0.4, -0.2) is 5.44 Å². The van der Waals surface area contributed by atoms with E-state index in [2.05, 4.69) is 84.9 Å². The standard InChI is InChI=1S/C30H24O2S2/c1-3-7-19(8-4-1)17-31-25-15-21-11-13-23-27(29(21)33-25)24-14-12-22-16-26(34-30(22)28(23)24)32-18-20-9-5-2-6-10-20/h1-15,24,26,28H,16-18H2. The van der Waals surface area contributed by atoms with Crippen LogP contribution in [0.5, 0.6) is 5.06 Å². The van der Waals surface area contributed by atoms with E-state index in [9.17, 15) is 0 Å². The molecule has 3 aliphatic rings. The van der Waals surface area contributed by atoms with Gasteiger partial charge in [-0.25, -0.2) is 0 Å². The Morgan fingerprint density at radius 1 is 0.853 bits per heavy atom. The van der Waals surface area contributed by atoms with Crippen LogP contribution in [0.2, 0.25) is 0 Å². The van der Waals surface area contributed by atoms with Gasteiger partial charge in [-0.15, -0.1) is 0 Å². The Balaban J connectivity index is 1.09. The molecule has 0 radical (unpaired) electrons. The van der Waals surface area contributed by atoms with Crippen LogP contribution < -0.4 is 4.74 Å². The Morgan fingerprint density at radius 2 is 1.62 bits per heavy atom. The molecule has 2 nitrogen and oxygen atoms in total. The van der Waals surface area contributed by atoms with Crippen molar-refractivity contribution in [2.75, 3.05) is 0 Å². The Bertz CT molecular complexity index is 1420. The highest BCUT2D eigenvalue weighted by Gasteiger charge is 2.45. The zero-order valence-corrected chi connectivity index (χ0v) is 20.3. The number of hydrogen-bond acceptors (Lipinski definition) is 4. The fourth-order valence-corrected chi connectivity index (χ4v) is 7.86. The molecular formula is C30H24O2S2. The summed E-state index contributed by atoms with van der Waals surface area (Å²) in [5.41, 5.74) is 7.10. The molecule has 2 aliphatic carbocycles. The SMILES string of the molecule is C1=CC2c3c(ccc4cc(OCc5ccccc5)sc34)C2C2=C1CC(OCc1ccccc1)S2. The van der Waals surface area contributed by atoms with E-state index >= 15 is 0 Å². The number of thioether (sulfide) groups is 1. The van der Waals surface area contributed by atoms with Crippen molar-refractivity contribution < 1.29 is 9.47 Å². The summed E-state index contributed by atoms with van der Waals surface area (Å²) in [6, 6.07) is 27.7. The summed E-state index contributed by atoms with van der Waals surface area (Å²) in [6.45, 7) is 1.29. The van der Waals surface area contributed by atoms with Gasteiger partial charge < -0.3 is 9.47 Å². The monoisotopic (exact) mass is 480 g/mol. The highest BCUT2D eigenvalue weighted by molar-refractivity contribution is 8.03. The van der Waals surface area contributed by atoms with Gasteiger partial charge in [-0.2, -0.15) is 0 Å². The molecule has 2 heterocycles. The van der Waals surface area contributed by atoms with Crippen molar-refractivity contribution in [3.05, 3.63) is 124 Å². The summed E-state index contributed by atoms with van der Waals surface area (Å²) >= 11 is 3.73. The summed E-state index contributed by atoms with van der Waals surface area (Å²) in [7, 11) is 0. The van der Waals surface area contributed by atoms with Gasteiger partial charge in [0.2, 0.25) is 0 Å². The molecule has 0 N–H and O–H groups in total. The smallest absolute Gasteiger partial charge is 0.175 e. The van der Waals surface area contributed by atoms with Crippen LogP contribution in [0.1, 0.15) is 40.5 Å². The Kier molecular flexibility index (Phi) is 5.12. The van der Waals surface area contributed by atoms with Crippen LogP contribution in [0.25, 0.3) is 10.1 Å². The summed E-state index contributed by atoms with van der Waals surface area (Å²) in [5, 5.41) is 2.29. The Hall–Kier alpha value is -2.79. The Morgan fingerprint density at radius 3 is 2.41 bits per heavy atom. The third-order valence-electron chi connectivity index (χ3n) is 7.02. The summed E-state index contributed by atoms with van der Waals surface area (Å²) in [6.07, 6.45) is 5.79. The molecular weight excluding hydrogens is 456 g/mol. The number of benzene rings is 3. The number of fused-ring (bicyclic) bond motifs is 7. The van der Waals surface area contributed by atoms with Crippen LogP contribution in [-0.2, 0) is 18.0 Å². The number of thiophene rings is 1. The molecule has 0 bridgehead atoms. The molecule has 0 fully saturated rings. The van der Waals surface area contributed by atoms with Crippen LogP contribution in [0.15, 0.2) is 101 Å². The lowest BCUT2D eigenvalue weighted by Crippen LogP contribution is -2.25. The van der Waals surface area contributed by atoms with Gasteiger partial charge in [-0.3, -0.25) is 0 Å². The van der Waals surface area contributed by atoms with Crippen molar-refractivity contribution in [1.29, 1.82) is 0 Å². The second-order valence-corrected chi connectivity index (χ2v) is 11.3. The molecule has 3 unspecified atom stereocenters. The van der Waals surface area contributed by atoms with Crippen LogP contribution in [0, 0.1) is 0 Å². The average molecular weight is 481 g/mol. The van der Waals surface area contributed by atoms with Crippen molar-refractivity contribution in [3.63, 3.8) is 0 Å². The summed E-state index contributed by atoms with van der Waals surface area (Å²) in [5.74, 6) is 0.962. The van der Waals surface area contributed by atoms with Gasteiger partial charge in [0.1, 0.15) is 12.0 Å². The largest absolute Gasteiger partial charge is 0.479 e. The highest BCUT2D eigenvalue weighted by atomic mass is 32.2. The lowest BCUT2D eigenvalue weighted by atomic mass is 9.65. The van der Waals surface area contributed by atoms with Crippen molar-refractivity contribution in [2.45, 2.75) is 36.9 Å². The lowest BCUT2D eigenvalue weighted by Gasteiger charge is -2.41. The molecule has 0 saturated carbocycles. The minimum Gasteiger partial charge on any atom is -0.479 e. The van der Waals surface area contributed by atoms with E-state index < -0.39 is 0 Å². The van der Waals surface area contributed by atoms with E-state index in [1.54, 1.807) is 11.3 Å². The van der Waals surface area contributed by atoms with Gasteiger partial charge in [0, 0.05) is 23.0 Å². The third kappa shape index (κ3) is 3.52. The molecule has 3 aromatic carbocycles. The van der Waals surface area contributed by atoms with E-state index in [1.165, 1.54) is 42.8 Å². The van der Waals surface area contributed by atoms with Gasteiger partial charge in [-0.1, -0.05) is 108 Å². The first kappa shape index (κ1) is 20.6. The number of ether oxygens (including phenoxy) is 2. The first-order valence-electron chi connectivity index (χ1n) is 11.8. The maximum absolute atomic E-state index is 6.29. The molecule has 4 aromatic rings. The Labute approximate surface area is 207 Å². The minimum absolute atomic E-state index is 0.209. The van der Waals surface area contributed by atoms with Crippen LogP contribution in [0.4, 0.5) is 0 Å². The normalized spacial score (nSPS) is 22.3. The quantitative estimate of drug-likeness (QED) is 0.277. The molecule has 168 valence electrons. The van der Waals surface area contributed by atoms with E-state index in [4.69, 9.17) is 9.47 Å². The van der Waals surface area contributed by atoms with Gasteiger partial charge in [-0.05, 0) is 44.2 Å². The molecule has 0 saturated heterocycles. The van der Waals surface area contributed by atoms with Gasteiger partial charge in [0.15, 0.2) is 5.06 Å².